The van der Waals surface area contributed by atoms with Crippen LogP contribution < -0.4 is 0 Å². The van der Waals surface area contributed by atoms with Crippen LogP contribution in [-0.2, 0) is 0 Å². The fourth-order valence-corrected chi connectivity index (χ4v) is 1.59. The lowest BCUT2D eigenvalue weighted by molar-refractivity contribution is 0.591. The van der Waals surface area contributed by atoms with E-state index in [0.29, 0.717) is 4.84 Å². The van der Waals surface area contributed by atoms with Crippen molar-refractivity contribution in [1.29, 1.82) is 0 Å². The van der Waals surface area contributed by atoms with Gasteiger partial charge in [0.1, 0.15) is 0 Å². The summed E-state index contributed by atoms with van der Waals surface area (Å²) in [5.74, 6) is 0. The Morgan fingerprint density at radius 2 is 1.54 bits per heavy atom. The number of hydrogen-bond donors (Lipinski definition) is 0. The van der Waals surface area contributed by atoms with E-state index in [-0.39, 0.29) is 5.38 Å². The maximum absolute atomic E-state index is 5.85. The van der Waals surface area contributed by atoms with Gasteiger partial charge in [0.15, 0.2) is 4.84 Å². The molecule has 13 heavy (non-hydrogen) atoms. The van der Waals surface area contributed by atoms with Crippen LogP contribution in [0.25, 0.3) is 0 Å². The molecule has 0 aliphatic carbocycles. The number of halogens is 3. The van der Waals surface area contributed by atoms with E-state index in [1.165, 1.54) is 32.1 Å². The molecule has 0 aromatic carbocycles. The van der Waals surface area contributed by atoms with E-state index in [1.54, 1.807) is 0 Å². The minimum atomic E-state index is -0.158. The third kappa shape index (κ3) is 9.18. The maximum Gasteiger partial charge on any atom is 0.168 e. The lowest BCUT2D eigenvalue weighted by atomic mass is 10.1. The number of hydrogen-bond acceptors (Lipinski definition) is 0. The van der Waals surface area contributed by atoms with Gasteiger partial charge in [-0.2, -0.15) is 0 Å². The van der Waals surface area contributed by atoms with Crippen LogP contribution in [0.5, 0.6) is 0 Å². The predicted octanol–water partition coefficient (Wildman–Crippen LogP) is 5.31. The van der Waals surface area contributed by atoms with E-state index < -0.39 is 0 Å². The predicted molar refractivity (Wildman–Crippen MR) is 62.6 cm³/mol. The highest BCUT2D eigenvalue weighted by molar-refractivity contribution is 6.56. The normalized spacial score (nSPS) is 13.6. The molecule has 0 amide bonds. The van der Waals surface area contributed by atoms with Crippen LogP contribution in [-0.4, -0.2) is 5.38 Å². The Bertz CT molecular complexity index is 104. The molecule has 1 atom stereocenters. The van der Waals surface area contributed by atoms with Crippen molar-refractivity contribution in [3.63, 3.8) is 0 Å². The number of unbranched alkanes of at least 4 members (excludes halogenated alkanes) is 5. The highest BCUT2D eigenvalue weighted by atomic mass is 35.5. The molecule has 0 aliphatic heterocycles. The molecule has 0 rings (SSSR count). The molecule has 0 fully saturated rings. The SMILES string of the molecule is CCCCCCCCC(Cl)[C](Cl)Cl. The molecule has 79 valence electrons. The van der Waals surface area contributed by atoms with E-state index in [1.807, 2.05) is 0 Å². The second kappa shape index (κ2) is 9.43. The highest BCUT2D eigenvalue weighted by Crippen LogP contribution is 2.26. The summed E-state index contributed by atoms with van der Waals surface area (Å²) < 4.78 is 0. The summed E-state index contributed by atoms with van der Waals surface area (Å²) in [4.78, 5) is 0.301. The van der Waals surface area contributed by atoms with Gasteiger partial charge >= 0.3 is 0 Å². The zero-order valence-electron chi connectivity index (χ0n) is 8.16. The Hall–Kier alpha value is 0.870. The Balaban J connectivity index is 3.07. The van der Waals surface area contributed by atoms with E-state index in [4.69, 9.17) is 34.8 Å². The Kier molecular flexibility index (Phi) is 10.1. The summed E-state index contributed by atoms with van der Waals surface area (Å²) in [7, 11) is 0. The summed E-state index contributed by atoms with van der Waals surface area (Å²) in [6.07, 6.45) is 8.53. The van der Waals surface area contributed by atoms with E-state index in [9.17, 15) is 0 Å². The summed E-state index contributed by atoms with van der Waals surface area (Å²) in [6.45, 7) is 2.22. The Morgan fingerprint density at radius 3 is 2.08 bits per heavy atom. The molecule has 0 saturated carbocycles. The Labute approximate surface area is 96.9 Å². The molecule has 1 unspecified atom stereocenters. The molecular weight excluding hydrogens is 226 g/mol. The molecule has 0 aromatic rings. The van der Waals surface area contributed by atoms with Gasteiger partial charge in [0, 0.05) is 0 Å². The first-order valence-electron chi connectivity index (χ1n) is 5.00. The van der Waals surface area contributed by atoms with Gasteiger partial charge in [0.25, 0.3) is 0 Å². The van der Waals surface area contributed by atoms with Crippen LogP contribution in [0.4, 0.5) is 0 Å². The zero-order chi connectivity index (χ0) is 10.1. The van der Waals surface area contributed by atoms with E-state index in [0.717, 1.165) is 12.8 Å². The van der Waals surface area contributed by atoms with Gasteiger partial charge in [-0.1, -0.05) is 68.7 Å². The first kappa shape index (κ1) is 13.9. The lowest BCUT2D eigenvalue weighted by Crippen LogP contribution is -2.00. The molecule has 0 spiro atoms. The molecule has 0 N–H and O–H groups in total. The summed E-state index contributed by atoms with van der Waals surface area (Å²) in [6, 6.07) is 0. The average molecular weight is 245 g/mol. The van der Waals surface area contributed by atoms with Crippen molar-refractivity contribution in [3.05, 3.63) is 4.84 Å². The fraction of sp³-hybridized carbons (Fsp3) is 0.900. The molecule has 3 heteroatoms. The maximum atomic E-state index is 5.85. The lowest BCUT2D eigenvalue weighted by Gasteiger charge is -2.08. The summed E-state index contributed by atoms with van der Waals surface area (Å²) >= 11 is 16.9. The second-order valence-electron chi connectivity index (χ2n) is 3.31. The van der Waals surface area contributed by atoms with Gasteiger partial charge in [0.2, 0.25) is 0 Å². The van der Waals surface area contributed by atoms with Gasteiger partial charge in [-0.25, -0.2) is 0 Å². The average Bonchev–Trinajstić information content (AvgIpc) is 2.10. The van der Waals surface area contributed by atoms with Crippen LogP contribution >= 0.6 is 34.8 Å². The third-order valence-corrected chi connectivity index (χ3v) is 3.23. The minimum absolute atomic E-state index is 0.158. The smallest absolute Gasteiger partial charge is 0.120 e. The molecule has 0 aromatic heterocycles. The van der Waals surface area contributed by atoms with Crippen molar-refractivity contribution in [2.45, 2.75) is 57.2 Å². The summed E-state index contributed by atoms with van der Waals surface area (Å²) in [5, 5.41) is -0.158. The third-order valence-electron chi connectivity index (χ3n) is 2.05. The molecule has 0 saturated heterocycles. The van der Waals surface area contributed by atoms with Crippen molar-refractivity contribution in [2.75, 3.05) is 0 Å². The van der Waals surface area contributed by atoms with Crippen LogP contribution in [0.3, 0.4) is 0 Å². The largest absolute Gasteiger partial charge is 0.168 e. The molecule has 0 heterocycles. The quantitative estimate of drug-likeness (QED) is 0.401. The molecule has 0 nitrogen and oxygen atoms in total. The van der Waals surface area contributed by atoms with Gasteiger partial charge in [-0.15, -0.1) is 11.6 Å². The van der Waals surface area contributed by atoms with E-state index in [2.05, 4.69) is 6.92 Å². The van der Waals surface area contributed by atoms with Crippen molar-refractivity contribution in [2.24, 2.45) is 0 Å². The standard InChI is InChI=1S/C10H18Cl3/c1-2-3-4-5-6-7-8-9(11)10(12)13/h9H,2-8H2,1H3. The van der Waals surface area contributed by atoms with Crippen molar-refractivity contribution in [1.82, 2.24) is 0 Å². The first-order valence-corrected chi connectivity index (χ1v) is 6.19. The Morgan fingerprint density at radius 1 is 1.00 bits per heavy atom. The van der Waals surface area contributed by atoms with Gasteiger partial charge in [-0.3, -0.25) is 0 Å². The minimum Gasteiger partial charge on any atom is -0.120 e. The van der Waals surface area contributed by atoms with Crippen LogP contribution in [0.2, 0.25) is 0 Å². The fourth-order valence-electron chi connectivity index (χ4n) is 1.21. The second-order valence-corrected chi connectivity index (χ2v) is 4.85. The molecular formula is C10H18Cl3. The molecule has 0 bridgehead atoms. The van der Waals surface area contributed by atoms with Crippen LogP contribution in [0, 0.1) is 4.84 Å². The van der Waals surface area contributed by atoms with Crippen LogP contribution in [0.1, 0.15) is 51.9 Å². The van der Waals surface area contributed by atoms with Crippen molar-refractivity contribution >= 4 is 34.8 Å². The molecule has 0 aliphatic rings. The highest BCUT2D eigenvalue weighted by Gasteiger charge is 2.13. The first-order chi connectivity index (χ1) is 6.18. The molecule has 1 radical (unpaired) electrons. The van der Waals surface area contributed by atoms with Gasteiger partial charge < -0.3 is 0 Å². The van der Waals surface area contributed by atoms with Crippen molar-refractivity contribution < 1.29 is 0 Å². The number of rotatable bonds is 8. The van der Waals surface area contributed by atoms with Gasteiger partial charge in [0.05, 0.1) is 5.38 Å². The van der Waals surface area contributed by atoms with Crippen molar-refractivity contribution in [3.8, 4) is 0 Å². The van der Waals surface area contributed by atoms with Crippen LogP contribution in [0.15, 0.2) is 0 Å². The zero-order valence-corrected chi connectivity index (χ0v) is 10.4. The topological polar surface area (TPSA) is 0 Å². The number of alkyl halides is 1. The monoisotopic (exact) mass is 243 g/mol. The summed E-state index contributed by atoms with van der Waals surface area (Å²) in [5.41, 5.74) is 0. The van der Waals surface area contributed by atoms with Gasteiger partial charge in [-0.05, 0) is 6.42 Å². The van der Waals surface area contributed by atoms with E-state index >= 15 is 0 Å².